The van der Waals surface area contributed by atoms with E-state index in [1.165, 1.54) is 0 Å². The molecule has 0 spiro atoms. The van der Waals surface area contributed by atoms with Crippen molar-refractivity contribution in [3.05, 3.63) is 88.7 Å². The molecule has 0 radical (unpaired) electrons. The highest BCUT2D eigenvalue weighted by molar-refractivity contribution is 7.85. The Labute approximate surface area is 188 Å². The van der Waals surface area contributed by atoms with Crippen LogP contribution in [0.25, 0.3) is 17.3 Å². The summed E-state index contributed by atoms with van der Waals surface area (Å²) in [5.74, 6) is 0.859. The summed E-state index contributed by atoms with van der Waals surface area (Å²) >= 11 is 0. The predicted molar refractivity (Wildman–Crippen MR) is 127 cm³/mol. The van der Waals surface area contributed by atoms with Gasteiger partial charge in [-0.15, -0.1) is 0 Å². The highest BCUT2D eigenvalue weighted by Crippen LogP contribution is 2.27. The minimum Gasteiger partial charge on any atom is -0.627 e. The van der Waals surface area contributed by atoms with Gasteiger partial charge in [-0.05, 0) is 36.0 Å². The highest BCUT2D eigenvalue weighted by Gasteiger charge is 2.27. The van der Waals surface area contributed by atoms with Crippen molar-refractivity contribution in [1.82, 2.24) is 14.7 Å². The van der Waals surface area contributed by atoms with E-state index in [-0.39, 0.29) is 0 Å². The van der Waals surface area contributed by atoms with Crippen LogP contribution in [0.1, 0.15) is 11.1 Å². The first kappa shape index (κ1) is 20.7. The summed E-state index contributed by atoms with van der Waals surface area (Å²) in [4.78, 5) is 4.74. The average Bonchev–Trinajstić information content (AvgIpc) is 2.83. The number of hydrogen-bond acceptors (Lipinski definition) is 5. The van der Waals surface area contributed by atoms with Crippen molar-refractivity contribution in [2.45, 2.75) is 6.54 Å². The molecule has 0 saturated carbocycles. The summed E-state index contributed by atoms with van der Waals surface area (Å²) in [6.45, 7) is 1.20. The maximum atomic E-state index is 13.1. The monoisotopic (exact) mass is 448 g/mol. The molecule has 0 unspecified atom stereocenters. The largest absolute Gasteiger partial charge is 0.627 e. The second-order valence-corrected chi connectivity index (χ2v) is 9.69. The lowest BCUT2D eigenvalue weighted by Crippen LogP contribution is -2.52. The van der Waals surface area contributed by atoms with Crippen LogP contribution >= 0.6 is 0 Å². The van der Waals surface area contributed by atoms with Crippen molar-refractivity contribution in [1.29, 1.82) is 0 Å². The van der Waals surface area contributed by atoms with Gasteiger partial charge in [0.25, 0.3) is 0 Å². The molecule has 164 valence electrons. The normalized spacial score (nSPS) is 22.9. The zero-order valence-electron chi connectivity index (χ0n) is 17.5. The Morgan fingerprint density at radius 2 is 1.78 bits per heavy atom. The summed E-state index contributed by atoms with van der Waals surface area (Å²) in [5.41, 5.74) is 5.16. The summed E-state index contributed by atoms with van der Waals surface area (Å²) in [7, 11) is -0.890. The quantitative estimate of drug-likeness (QED) is 0.366. The second kappa shape index (κ2) is 8.38. The molecule has 1 aromatic heterocycles. The lowest BCUT2D eigenvalue weighted by molar-refractivity contribution is 0.176. The smallest absolute Gasteiger partial charge is 0.174 e. The molecular weight excluding hydrogens is 424 g/mol. The van der Waals surface area contributed by atoms with Gasteiger partial charge in [0.2, 0.25) is 0 Å². The van der Waals surface area contributed by atoms with Gasteiger partial charge in [0.15, 0.2) is 5.49 Å². The standard InChI is InChI=1S/C24H24N4O3S/c29-27-23(18-4-2-1-3-5-18)16-19-10-11-25-17-22(19)24(27)26-20-6-8-21(9-7-20)28(30)12-14-32(31)15-13-28/h1-11,16,25,29H,12-15,17H2. The van der Waals surface area contributed by atoms with Crippen LogP contribution in [-0.2, 0) is 17.3 Å². The molecule has 3 heterocycles. The van der Waals surface area contributed by atoms with Gasteiger partial charge in [0.1, 0.15) is 5.69 Å². The van der Waals surface area contributed by atoms with E-state index in [0.29, 0.717) is 53.7 Å². The van der Waals surface area contributed by atoms with E-state index < -0.39 is 15.4 Å². The number of aromatic nitrogens is 1. The van der Waals surface area contributed by atoms with E-state index in [1.807, 2.05) is 48.7 Å². The Kier molecular flexibility index (Phi) is 5.42. The SMILES string of the molecule is O=S1CC[N+]([O-])(c2ccc(N=c3c4c(cc(-c5ccccc5)n3O)C=CNC4)cc2)CC1. The minimum atomic E-state index is -0.890. The average molecular weight is 449 g/mol. The van der Waals surface area contributed by atoms with Crippen molar-refractivity contribution in [2.75, 3.05) is 24.6 Å². The number of hydrogen-bond donors (Lipinski definition) is 2. The van der Waals surface area contributed by atoms with E-state index in [1.54, 1.807) is 24.3 Å². The van der Waals surface area contributed by atoms with Crippen LogP contribution in [0.4, 0.5) is 11.4 Å². The van der Waals surface area contributed by atoms with Crippen LogP contribution in [0, 0.1) is 5.21 Å². The van der Waals surface area contributed by atoms with Gasteiger partial charge in [0.05, 0.1) is 36.0 Å². The molecule has 8 heteroatoms. The molecule has 0 atom stereocenters. The molecule has 1 fully saturated rings. The lowest BCUT2D eigenvalue weighted by atomic mass is 10.0. The van der Waals surface area contributed by atoms with Crippen molar-refractivity contribution in [2.24, 2.45) is 4.99 Å². The Morgan fingerprint density at radius 1 is 1.06 bits per heavy atom. The Balaban J connectivity index is 1.58. The number of pyridine rings is 1. The molecule has 2 aliphatic heterocycles. The zero-order valence-corrected chi connectivity index (χ0v) is 18.3. The number of benzene rings is 2. The molecule has 0 aliphatic carbocycles. The maximum absolute atomic E-state index is 13.1. The van der Waals surface area contributed by atoms with Gasteiger partial charge in [-0.25, -0.2) is 4.99 Å². The molecule has 0 amide bonds. The van der Waals surface area contributed by atoms with Gasteiger partial charge in [0, 0.05) is 40.6 Å². The van der Waals surface area contributed by atoms with E-state index in [0.717, 1.165) is 21.4 Å². The van der Waals surface area contributed by atoms with Gasteiger partial charge in [-0.3, -0.25) is 4.21 Å². The molecule has 0 bridgehead atoms. The minimum absolute atomic E-state index is 0.324. The van der Waals surface area contributed by atoms with E-state index in [2.05, 4.69) is 5.32 Å². The van der Waals surface area contributed by atoms with Crippen LogP contribution in [0.3, 0.4) is 0 Å². The highest BCUT2D eigenvalue weighted by atomic mass is 32.2. The fourth-order valence-corrected chi connectivity index (χ4v) is 5.33. The Bertz CT molecular complexity index is 1260. The van der Waals surface area contributed by atoms with Crippen LogP contribution in [0.15, 0.2) is 71.9 Å². The Hall–Kier alpha value is -3.20. The first-order valence-corrected chi connectivity index (χ1v) is 12.0. The first-order chi connectivity index (χ1) is 15.5. The molecule has 2 aromatic carbocycles. The number of hydroxylamine groups is 2. The van der Waals surface area contributed by atoms with Gasteiger partial charge >= 0.3 is 0 Å². The number of nitrogens with zero attached hydrogens (tertiary/aromatic N) is 3. The predicted octanol–water partition coefficient (Wildman–Crippen LogP) is 3.27. The van der Waals surface area contributed by atoms with Crippen LogP contribution < -0.4 is 15.5 Å². The molecule has 7 nitrogen and oxygen atoms in total. The molecule has 2 aliphatic rings. The fourth-order valence-electron chi connectivity index (χ4n) is 4.13. The summed E-state index contributed by atoms with van der Waals surface area (Å²) in [6.07, 6.45) is 3.86. The van der Waals surface area contributed by atoms with E-state index >= 15 is 0 Å². The van der Waals surface area contributed by atoms with Crippen LogP contribution in [0.2, 0.25) is 0 Å². The molecule has 3 aromatic rings. The number of quaternary nitrogens is 1. The maximum Gasteiger partial charge on any atom is 0.174 e. The van der Waals surface area contributed by atoms with Crippen molar-refractivity contribution in [3.8, 4) is 11.3 Å². The third-order valence-corrected chi connectivity index (χ3v) is 7.26. The van der Waals surface area contributed by atoms with Crippen LogP contribution in [0.5, 0.6) is 0 Å². The third kappa shape index (κ3) is 3.88. The number of nitrogens with one attached hydrogen (secondary N) is 1. The van der Waals surface area contributed by atoms with Crippen molar-refractivity contribution >= 4 is 28.3 Å². The zero-order chi connectivity index (χ0) is 22.1. The van der Waals surface area contributed by atoms with Gasteiger partial charge in [-0.1, -0.05) is 30.3 Å². The van der Waals surface area contributed by atoms with Gasteiger partial charge < -0.3 is 20.4 Å². The Morgan fingerprint density at radius 3 is 2.50 bits per heavy atom. The lowest BCUT2D eigenvalue weighted by Gasteiger charge is -2.44. The number of fused-ring (bicyclic) bond motifs is 1. The van der Waals surface area contributed by atoms with E-state index in [4.69, 9.17) is 4.99 Å². The van der Waals surface area contributed by atoms with E-state index in [9.17, 15) is 14.6 Å². The number of rotatable bonds is 3. The topological polar surface area (TPSA) is 89.7 Å². The summed E-state index contributed by atoms with van der Waals surface area (Å²) < 4.78 is 12.3. The van der Waals surface area contributed by atoms with Crippen LogP contribution in [-0.4, -0.2) is 38.7 Å². The van der Waals surface area contributed by atoms with Gasteiger partial charge in [-0.2, -0.15) is 4.73 Å². The molecule has 1 saturated heterocycles. The molecule has 5 rings (SSSR count). The first-order valence-electron chi connectivity index (χ1n) is 10.6. The molecule has 32 heavy (non-hydrogen) atoms. The van der Waals surface area contributed by atoms with Crippen molar-refractivity contribution < 1.29 is 9.42 Å². The second-order valence-electron chi connectivity index (χ2n) is 7.99. The molecule has 2 N–H and O–H groups in total. The summed E-state index contributed by atoms with van der Waals surface area (Å²) in [6, 6.07) is 18.8. The molecular formula is C24H24N4O3S. The third-order valence-electron chi connectivity index (χ3n) is 5.98. The van der Waals surface area contributed by atoms with Crippen molar-refractivity contribution in [3.63, 3.8) is 0 Å². The summed E-state index contributed by atoms with van der Waals surface area (Å²) in [5, 5.41) is 27.4. The fraction of sp³-hybridized carbons (Fsp3) is 0.208.